The number of nitrogens with two attached hydrogens (primary N) is 1. The number of rotatable bonds is 4. The lowest BCUT2D eigenvalue weighted by atomic mass is 9.74. The SMILES string of the molecule is CN(Cc1ccccc1N1CCOCC1)C(=O)C1CCCCC1(C)N. The van der Waals surface area contributed by atoms with Crippen molar-refractivity contribution in [3.8, 4) is 0 Å². The highest BCUT2D eigenvalue weighted by atomic mass is 16.5. The Morgan fingerprint density at radius 3 is 2.76 bits per heavy atom. The van der Waals surface area contributed by atoms with E-state index in [-0.39, 0.29) is 17.4 Å². The summed E-state index contributed by atoms with van der Waals surface area (Å²) in [5.74, 6) is 0.114. The van der Waals surface area contributed by atoms with Crippen LogP contribution >= 0.6 is 0 Å². The molecule has 1 heterocycles. The van der Waals surface area contributed by atoms with Gasteiger partial charge in [-0.3, -0.25) is 4.79 Å². The third-order valence-corrected chi connectivity index (χ3v) is 5.68. The Labute approximate surface area is 151 Å². The molecule has 0 spiro atoms. The summed E-state index contributed by atoms with van der Waals surface area (Å²) in [6.07, 6.45) is 4.06. The van der Waals surface area contributed by atoms with Gasteiger partial charge in [0.15, 0.2) is 0 Å². The molecule has 3 rings (SSSR count). The number of hydrogen-bond acceptors (Lipinski definition) is 4. The minimum atomic E-state index is -0.382. The van der Waals surface area contributed by atoms with Crippen LogP contribution in [0, 0.1) is 5.92 Å². The molecule has 0 radical (unpaired) electrons. The van der Waals surface area contributed by atoms with Crippen molar-refractivity contribution in [2.75, 3.05) is 38.3 Å². The van der Waals surface area contributed by atoms with Gasteiger partial charge in [0.25, 0.3) is 0 Å². The number of benzene rings is 1. The molecule has 1 aromatic rings. The van der Waals surface area contributed by atoms with Crippen LogP contribution in [0.4, 0.5) is 5.69 Å². The monoisotopic (exact) mass is 345 g/mol. The molecule has 25 heavy (non-hydrogen) atoms. The van der Waals surface area contributed by atoms with Crippen LogP contribution in [-0.4, -0.2) is 49.7 Å². The van der Waals surface area contributed by atoms with E-state index in [1.165, 1.54) is 11.3 Å². The molecule has 1 aliphatic heterocycles. The summed E-state index contributed by atoms with van der Waals surface area (Å²) in [5, 5.41) is 0. The zero-order chi connectivity index (χ0) is 17.9. The molecule has 138 valence electrons. The van der Waals surface area contributed by atoms with E-state index in [0.29, 0.717) is 6.54 Å². The van der Waals surface area contributed by atoms with Gasteiger partial charge in [0.1, 0.15) is 0 Å². The maximum absolute atomic E-state index is 13.0. The van der Waals surface area contributed by atoms with E-state index < -0.39 is 0 Å². The van der Waals surface area contributed by atoms with E-state index in [4.69, 9.17) is 10.5 Å². The van der Waals surface area contributed by atoms with Crippen molar-refractivity contribution in [2.24, 2.45) is 11.7 Å². The first-order valence-corrected chi connectivity index (χ1v) is 9.43. The van der Waals surface area contributed by atoms with Crippen LogP contribution in [0.15, 0.2) is 24.3 Å². The summed E-state index contributed by atoms with van der Waals surface area (Å²) in [5.41, 5.74) is 8.45. The Kier molecular flexibility index (Phi) is 5.64. The van der Waals surface area contributed by atoms with E-state index in [0.717, 1.165) is 52.0 Å². The maximum atomic E-state index is 13.0. The van der Waals surface area contributed by atoms with E-state index >= 15 is 0 Å². The highest BCUT2D eigenvalue weighted by Crippen LogP contribution is 2.33. The molecule has 1 saturated carbocycles. The van der Waals surface area contributed by atoms with Crippen molar-refractivity contribution >= 4 is 11.6 Å². The van der Waals surface area contributed by atoms with Gasteiger partial charge in [0, 0.05) is 37.9 Å². The molecule has 2 fully saturated rings. The molecule has 2 aliphatic rings. The molecule has 2 atom stereocenters. The number of para-hydroxylation sites is 1. The Morgan fingerprint density at radius 1 is 1.32 bits per heavy atom. The number of hydrogen-bond donors (Lipinski definition) is 1. The Balaban J connectivity index is 1.72. The van der Waals surface area contributed by atoms with Crippen LogP contribution in [0.3, 0.4) is 0 Å². The van der Waals surface area contributed by atoms with Gasteiger partial charge in [0.2, 0.25) is 5.91 Å². The van der Waals surface area contributed by atoms with Crippen molar-refractivity contribution in [1.82, 2.24) is 4.90 Å². The van der Waals surface area contributed by atoms with Crippen LogP contribution in [-0.2, 0) is 16.1 Å². The van der Waals surface area contributed by atoms with E-state index in [2.05, 4.69) is 23.1 Å². The molecular formula is C20H31N3O2. The van der Waals surface area contributed by atoms with Gasteiger partial charge in [-0.15, -0.1) is 0 Å². The highest BCUT2D eigenvalue weighted by Gasteiger charge is 2.39. The molecule has 1 aromatic carbocycles. The van der Waals surface area contributed by atoms with Gasteiger partial charge < -0.3 is 20.3 Å². The second-order valence-electron chi connectivity index (χ2n) is 7.73. The predicted octanol–water partition coefficient (Wildman–Crippen LogP) is 2.39. The molecule has 0 aromatic heterocycles. The average molecular weight is 345 g/mol. The maximum Gasteiger partial charge on any atom is 0.227 e. The van der Waals surface area contributed by atoms with Crippen LogP contribution in [0.2, 0.25) is 0 Å². The normalized spacial score (nSPS) is 27.2. The highest BCUT2D eigenvalue weighted by molar-refractivity contribution is 5.80. The Hall–Kier alpha value is -1.59. The second kappa shape index (κ2) is 7.75. The number of morpholine rings is 1. The molecular weight excluding hydrogens is 314 g/mol. The summed E-state index contributed by atoms with van der Waals surface area (Å²) in [6, 6.07) is 8.38. The minimum Gasteiger partial charge on any atom is -0.378 e. The lowest BCUT2D eigenvalue weighted by molar-refractivity contribution is -0.138. The van der Waals surface area contributed by atoms with Gasteiger partial charge >= 0.3 is 0 Å². The lowest BCUT2D eigenvalue weighted by Crippen LogP contribution is -2.53. The summed E-state index contributed by atoms with van der Waals surface area (Å²) >= 11 is 0. The van der Waals surface area contributed by atoms with Crippen molar-refractivity contribution in [1.29, 1.82) is 0 Å². The number of anilines is 1. The topological polar surface area (TPSA) is 58.8 Å². The summed E-state index contributed by atoms with van der Waals surface area (Å²) < 4.78 is 5.46. The Bertz CT molecular complexity index is 596. The van der Waals surface area contributed by atoms with Crippen molar-refractivity contribution in [2.45, 2.75) is 44.7 Å². The van der Waals surface area contributed by atoms with Gasteiger partial charge in [-0.2, -0.15) is 0 Å². The third-order valence-electron chi connectivity index (χ3n) is 5.68. The summed E-state index contributed by atoms with van der Waals surface area (Å²) in [7, 11) is 1.91. The fourth-order valence-corrected chi connectivity index (χ4v) is 4.12. The quantitative estimate of drug-likeness (QED) is 0.910. The zero-order valence-corrected chi connectivity index (χ0v) is 15.5. The standard InChI is InChI=1S/C20H31N3O2/c1-20(21)10-6-5-8-17(20)19(24)22(2)15-16-7-3-4-9-18(16)23-11-13-25-14-12-23/h3-4,7,9,17H,5-6,8,10-15,21H2,1-2H3. The first kappa shape index (κ1) is 18.2. The third kappa shape index (κ3) is 4.15. The number of carbonyl (C=O) groups is 1. The van der Waals surface area contributed by atoms with Gasteiger partial charge in [-0.25, -0.2) is 0 Å². The minimum absolute atomic E-state index is 0.0678. The van der Waals surface area contributed by atoms with Crippen LogP contribution < -0.4 is 10.6 Å². The first-order chi connectivity index (χ1) is 12.0. The van der Waals surface area contributed by atoms with Crippen molar-refractivity contribution in [3.05, 3.63) is 29.8 Å². The zero-order valence-electron chi connectivity index (χ0n) is 15.5. The number of ether oxygens (including phenoxy) is 1. The van der Waals surface area contributed by atoms with Crippen LogP contribution in [0.5, 0.6) is 0 Å². The smallest absolute Gasteiger partial charge is 0.227 e. The molecule has 2 N–H and O–H groups in total. The van der Waals surface area contributed by atoms with E-state index in [1.807, 2.05) is 24.9 Å². The average Bonchev–Trinajstić information content (AvgIpc) is 2.62. The molecule has 5 heteroatoms. The second-order valence-corrected chi connectivity index (χ2v) is 7.73. The number of amides is 1. The van der Waals surface area contributed by atoms with Gasteiger partial charge in [0.05, 0.1) is 19.1 Å². The van der Waals surface area contributed by atoms with E-state index in [9.17, 15) is 4.79 Å². The molecule has 0 bridgehead atoms. The summed E-state index contributed by atoms with van der Waals surface area (Å²) in [6.45, 7) is 5.98. The van der Waals surface area contributed by atoms with Gasteiger partial charge in [-0.05, 0) is 31.4 Å². The number of carbonyl (C=O) groups excluding carboxylic acids is 1. The fourth-order valence-electron chi connectivity index (χ4n) is 4.12. The molecule has 2 unspecified atom stereocenters. The van der Waals surface area contributed by atoms with Crippen molar-refractivity contribution in [3.63, 3.8) is 0 Å². The molecule has 1 saturated heterocycles. The Morgan fingerprint density at radius 2 is 2.04 bits per heavy atom. The molecule has 5 nitrogen and oxygen atoms in total. The van der Waals surface area contributed by atoms with Crippen molar-refractivity contribution < 1.29 is 9.53 Å². The summed E-state index contributed by atoms with van der Waals surface area (Å²) in [4.78, 5) is 17.2. The largest absolute Gasteiger partial charge is 0.378 e. The van der Waals surface area contributed by atoms with E-state index in [1.54, 1.807) is 0 Å². The van der Waals surface area contributed by atoms with Crippen LogP contribution in [0.25, 0.3) is 0 Å². The molecule has 1 aliphatic carbocycles. The van der Waals surface area contributed by atoms with Crippen LogP contribution in [0.1, 0.15) is 38.2 Å². The predicted molar refractivity (Wildman–Crippen MR) is 100 cm³/mol. The first-order valence-electron chi connectivity index (χ1n) is 9.43. The van der Waals surface area contributed by atoms with Gasteiger partial charge in [-0.1, -0.05) is 31.0 Å². The number of nitrogens with zero attached hydrogens (tertiary/aromatic N) is 2. The fraction of sp³-hybridized carbons (Fsp3) is 0.650. The molecule has 1 amide bonds. The lowest BCUT2D eigenvalue weighted by Gasteiger charge is -2.39.